The van der Waals surface area contributed by atoms with Gasteiger partial charge in [0.2, 0.25) is 5.88 Å². The highest BCUT2D eigenvalue weighted by Crippen LogP contribution is 2.22. The molecular weight excluding hydrogens is 349 g/mol. The van der Waals surface area contributed by atoms with Gasteiger partial charge in [0, 0.05) is 18.7 Å². The van der Waals surface area contributed by atoms with Crippen LogP contribution in [0.5, 0.6) is 17.4 Å². The molecule has 27 heavy (non-hydrogen) atoms. The lowest BCUT2D eigenvalue weighted by Gasteiger charge is -2.18. The number of hydrogen-bond acceptors (Lipinski definition) is 6. The second kappa shape index (κ2) is 8.75. The molecule has 3 aromatic rings. The summed E-state index contributed by atoms with van der Waals surface area (Å²) in [7, 11) is 1.88. The van der Waals surface area contributed by atoms with Crippen LogP contribution in [0.1, 0.15) is 10.4 Å². The Morgan fingerprint density at radius 1 is 1.04 bits per heavy atom. The van der Waals surface area contributed by atoms with Crippen molar-refractivity contribution in [2.24, 2.45) is 0 Å². The number of rotatable bonds is 8. The Balaban J connectivity index is 1.55. The van der Waals surface area contributed by atoms with Crippen LogP contribution >= 0.6 is 0 Å². The molecule has 0 saturated carbocycles. The van der Waals surface area contributed by atoms with Crippen LogP contribution in [0.15, 0.2) is 60.9 Å². The van der Waals surface area contributed by atoms with Crippen LogP contribution in [-0.4, -0.2) is 36.5 Å². The second-order valence-corrected chi connectivity index (χ2v) is 5.73. The van der Waals surface area contributed by atoms with Crippen molar-refractivity contribution in [2.75, 3.05) is 25.1 Å². The number of ether oxygens (including phenoxy) is 2. The zero-order chi connectivity index (χ0) is 19.1. The van der Waals surface area contributed by atoms with E-state index < -0.39 is 0 Å². The van der Waals surface area contributed by atoms with Crippen LogP contribution < -0.4 is 14.4 Å². The van der Waals surface area contributed by atoms with Crippen LogP contribution in [0, 0.1) is 5.82 Å². The number of benzene rings is 2. The molecule has 1 heterocycles. The van der Waals surface area contributed by atoms with Crippen molar-refractivity contribution in [1.29, 1.82) is 0 Å². The van der Waals surface area contributed by atoms with E-state index in [-0.39, 0.29) is 5.82 Å². The molecule has 0 spiro atoms. The standard InChI is InChI=1S/C20H18FN3O3/c1-24(10-11-26-17-6-2-15(13-25)3-7-17)19-12-20(23-14-22-19)27-18-8-4-16(21)5-9-18/h2-9,12-14H,10-11H2,1H3. The Morgan fingerprint density at radius 2 is 1.74 bits per heavy atom. The van der Waals surface area contributed by atoms with Crippen LogP contribution in [0.4, 0.5) is 10.2 Å². The van der Waals surface area contributed by atoms with E-state index in [0.717, 1.165) is 6.29 Å². The van der Waals surface area contributed by atoms with Crippen LogP contribution in [0.3, 0.4) is 0 Å². The summed E-state index contributed by atoms with van der Waals surface area (Å²) in [6.45, 7) is 1.03. The topological polar surface area (TPSA) is 64.5 Å². The maximum Gasteiger partial charge on any atom is 0.224 e. The Morgan fingerprint density at radius 3 is 2.44 bits per heavy atom. The molecule has 0 aliphatic rings. The van der Waals surface area contributed by atoms with E-state index in [0.29, 0.717) is 41.9 Å². The predicted octanol–water partition coefficient (Wildman–Crippen LogP) is 3.74. The number of hydrogen-bond donors (Lipinski definition) is 0. The molecule has 0 saturated heterocycles. The Labute approximate surface area is 156 Å². The highest BCUT2D eigenvalue weighted by atomic mass is 19.1. The van der Waals surface area contributed by atoms with E-state index >= 15 is 0 Å². The fourth-order valence-electron chi connectivity index (χ4n) is 2.28. The summed E-state index contributed by atoms with van der Waals surface area (Å²) in [5.41, 5.74) is 0.606. The molecule has 1 aromatic heterocycles. The maximum atomic E-state index is 13.0. The van der Waals surface area contributed by atoms with Crippen LogP contribution in [-0.2, 0) is 0 Å². The van der Waals surface area contributed by atoms with Gasteiger partial charge >= 0.3 is 0 Å². The van der Waals surface area contributed by atoms with Gasteiger partial charge in [0.1, 0.15) is 42.4 Å². The molecular formula is C20H18FN3O3. The molecule has 0 radical (unpaired) electrons. The predicted molar refractivity (Wildman–Crippen MR) is 99.1 cm³/mol. The van der Waals surface area contributed by atoms with Crippen molar-refractivity contribution < 1.29 is 18.7 Å². The summed E-state index contributed by atoms with van der Waals surface area (Å²) in [5.74, 6) is 1.89. The van der Waals surface area contributed by atoms with Crippen LogP contribution in [0.2, 0.25) is 0 Å². The van der Waals surface area contributed by atoms with E-state index in [1.54, 1.807) is 30.3 Å². The van der Waals surface area contributed by atoms with Gasteiger partial charge in [0.05, 0.1) is 6.54 Å². The molecule has 0 unspecified atom stereocenters. The van der Waals surface area contributed by atoms with Gasteiger partial charge in [-0.1, -0.05) is 0 Å². The largest absolute Gasteiger partial charge is 0.492 e. The zero-order valence-electron chi connectivity index (χ0n) is 14.7. The minimum atomic E-state index is -0.328. The van der Waals surface area contributed by atoms with Crippen molar-refractivity contribution in [3.05, 3.63) is 72.3 Å². The number of anilines is 1. The highest BCUT2D eigenvalue weighted by molar-refractivity contribution is 5.74. The molecule has 0 N–H and O–H groups in total. The first kappa shape index (κ1) is 18.3. The lowest BCUT2D eigenvalue weighted by Crippen LogP contribution is -2.24. The van der Waals surface area contributed by atoms with Gasteiger partial charge in [0.15, 0.2) is 0 Å². The molecule has 7 heteroatoms. The van der Waals surface area contributed by atoms with Crippen molar-refractivity contribution in [1.82, 2.24) is 9.97 Å². The van der Waals surface area contributed by atoms with Gasteiger partial charge in [-0.3, -0.25) is 4.79 Å². The number of aldehydes is 1. The molecule has 0 aliphatic carbocycles. The average Bonchev–Trinajstić information content (AvgIpc) is 2.70. The van der Waals surface area contributed by atoms with E-state index in [1.807, 2.05) is 11.9 Å². The molecule has 0 atom stereocenters. The number of aromatic nitrogens is 2. The third-order valence-electron chi connectivity index (χ3n) is 3.77. The Hall–Kier alpha value is -3.48. The second-order valence-electron chi connectivity index (χ2n) is 5.73. The van der Waals surface area contributed by atoms with E-state index in [1.165, 1.54) is 30.6 Å². The fourth-order valence-corrected chi connectivity index (χ4v) is 2.28. The molecule has 2 aromatic carbocycles. The first-order valence-electron chi connectivity index (χ1n) is 8.29. The number of nitrogens with zero attached hydrogens (tertiary/aromatic N) is 3. The van der Waals surface area contributed by atoms with Gasteiger partial charge in [-0.05, 0) is 48.5 Å². The van der Waals surface area contributed by atoms with Gasteiger partial charge in [0.25, 0.3) is 0 Å². The van der Waals surface area contributed by atoms with Gasteiger partial charge in [-0.25, -0.2) is 14.4 Å². The first-order valence-corrected chi connectivity index (χ1v) is 8.29. The molecule has 0 fully saturated rings. The molecule has 6 nitrogen and oxygen atoms in total. The maximum absolute atomic E-state index is 13.0. The van der Waals surface area contributed by atoms with Crippen molar-refractivity contribution in [3.8, 4) is 17.4 Å². The molecule has 138 valence electrons. The third-order valence-corrected chi connectivity index (χ3v) is 3.77. The first-order chi connectivity index (χ1) is 13.1. The third kappa shape index (κ3) is 5.24. The highest BCUT2D eigenvalue weighted by Gasteiger charge is 2.07. The van der Waals surface area contributed by atoms with E-state index in [2.05, 4.69) is 9.97 Å². The summed E-state index contributed by atoms with van der Waals surface area (Å²) < 4.78 is 24.2. The normalized spacial score (nSPS) is 10.3. The zero-order valence-corrected chi connectivity index (χ0v) is 14.7. The fraction of sp³-hybridized carbons (Fsp3) is 0.150. The van der Waals surface area contributed by atoms with Gasteiger partial charge < -0.3 is 14.4 Å². The van der Waals surface area contributed by atoms with Gasteiger partial charge in [-0.2, -0.15) is 0 Å². The van der Waals surface area contributed by atoms with Crippen molar-refractivity contribution >= 4 is 12.1 Å². The summed E-state index contributed by atoms with van der Waals surface area (Å²) in [4.78, 5) is 20.8. The SMILES string of the molecule is CN(CCOc1ccc(C=O)cc1)c1cc(Oc2ccc(F)cc2)ncn1. The van der Waals surface area contributed by atoms with Crippen molar-refractivity contribution in [3.63, 3.8) is 0 Å². The van der Waals surface area contributed by atoms with E-state index in [9.17, 15) is 9.18 Å². The number of carbonyl (C=O) groups is 1. The Kier molecular flexibility index (Phi) is 5.94. The number of likely N-dealkylation sites (N-methyl/N-ethyl adjacent to an activating group) is 1. The van der Waals surface area contributed by atoms with Crippen LogP contribution in [0.25, 0.3) is 0 Å². The minimum absolute atomic E-state index is 0.328. The summed E-state index contributed by atoms with van der Waals surface area (Å²) >= 11 is 0. The minimum Gasteiger partial charge on any atom is -0.492 e. The lowest BCUT2D eigenvalue weighted by molar-refractivity contribution is 0.112. The van der Waals surface area contributed by atoms with Gasteiger partial charge in [-0.15, -0.1) is 0 Å². The lowest BCUT2D eigenvalue weighted by atomic mass is 10.2. The molecule has 0 aliphatic heterocycles. The molecule has 0 amide bonds. The monoisotopic (exact) mass is 367 g/mol. The number of carbonyl (C=O) groups excluding carboxylic acids is 1. The molecule has 3 rings (SSSR count). The van der Waals surface area contributed by atoms with E-state index in [4.69, 9.17) is 9.47 Å². The Bertz CT molecular complexity index is 886. The molecule has 0 bridgehead atoms. The summed E-state index contributed by atoms with van der Waals surface area (Å²) in [5, 5.41) is 0. The quantitative estimate of drug-likeness (QED) is 0.565. The average molecular weight is 367 g/mol. The number of halogens is 1. The summed E-state index contributed by atoms with van der Waals surface area (Å²) in [6, 6.07) is 14.3. The summed E-state index contributed by atoms with van der Waals surface area (Å²) in [6.07, 6.45) is 2.20. The smallest absolute Gasteiger partial charge is 0.224 e. The van der Waals surface area contributed by atoms with Crippen molar-refractivity contribution in [2.45, 2.75) is 0 Å².